The number of allylic oxidation sites excluding steroid dienone is 2. The molecule has 0 fully saturated rings. The Hall–Kier alpha value is -2.97. The van der Waals surface area contributed by atoms with Gasteiger partial charge in [-0.15, -0.1) is 0 Å². The first-order valence-electron chi connectivity index (χ1n) is 11.1. The van der Waals surface area contributed by atoms with E-state index in [4.69, 9.17) is 4.74 Å². The lowest BCUT2D eigenvalue weighted by Gasteiger charge is -2.24. The van der Waals surface area contributed by atoms with Crippen molar-refractivity contribution < 1.29 is 27.9 Å². The number of halogens is 2. The molecule has 7 nitrogen and oxygen atoms in total. The summed E-state index contributed by atoms with van der Waals surface area (Å²) in [6.45, 7) is 6.00. The molecule has 33 heavy (non-hydrogen) atoms. The zero-order chi connectivity index (χ0) is 24.6. The van der Waals surface area contributed by atoms with Gasteiger partial charge in [-0.2, -0.15) is 0 Å². The van der Waals surface area contributed by atoms with E-state index in [2.05, 4.69) is 10.6 Å². The smallest absolute Gasteiger partial charge is 0.408 e. The number of amides is 3. The highest BCUT2D eigenvalue weighted by Gasteiger charge is 2.22. The largest absolute Gasteiger partial charge is 0.444 e. The van der Waals surface area contributed by atoms with Crippen molar-refractivity contribution in [1.29, 1.82) is 0 Å². The van der Waals surface area contributed by atoms with E-state index < -0.39 is 29.2 Å². The Balaban J connectivity index is 2.05. The van der Waals surface area contributed by atoms with Crippen molar-refractivity contribution in [3.05, 3.63) is 46.7 Å². The first-order valence-corrected chi connectivity index (χ1v) is 11.1. The first kappa shape index (κ1) is 26.3. The Kier molecular flexibility index (Phi) is 9.37. The van der Waals surface area contributed by atoms with Gasteiger partial charge in [-0.1, -0.05) is 12.1 Å². The van der Waals surface area contributed by atoms with Gasteiger partial charge in [-0.25, -0.2) is 13.6 Å². The van der Waals surface area contributed by atoms with Crippen LogP contribution in [0.1, 0.15) is 57.6 Å². The van der Waals surface area contributed by atoms with Crippen LogP contribution in [0.2, 0.25) is 0 Å². The number of hydrogen-bond donors (Lipinski definition) is 2. The average molecular weight is 466 g/mol. The van der Waals surface area contributed by atoms with Crippen LogP contribution < -0.4 is 10.6 Å². The Morgan fingerprint density at radius 1 is 1.12 bits per heavy atom. The summed E-state index contributed by atoms with van der Waals surface area (Å²) < 4.78 is 32.8. The number of aryl methyl sites for hydroxylation is 1. The summed E-state index contributed by atoms with van der Waals surface area (Å²) >= 11 is 0. The molecule has 0 aliphatic heterocycles. The summed E-state index contributed by atoms with van der Waals surface area (Å²) in [4.78, 5) is 38.5. The maximum Gasteiger partial charge on any atom is 0.408 e. The van der Waals surface area contributed by atoms with Gasteiger partial charge >= 0.3 is 6.09 Å². The fourth-order valence-corrected chi connectivity index (χ4v) is 3.37. The van der Waals surface area contributed by atoms with Crippen molar-refractivity contribution in [2.75, 3.05) is 19.6 Å². The van der Waals surface area contributed by atoms with Gasteiger partial charge in [-0.05, 0) is 70.9 Å². The highest BCUT2D eigenvalue weighted by Crippen LogP contribution is 2.16. The summed E-state index contributed by atoms with van der Waals surface area (Å²) in [7, 11) is 0. The van der Waals surface area contributed by atoms with Crippen LogP contribution in [0.3, 0.4) is 0 Å². The molecule has 0 unspecified atom stereocenters. The lowest BCUT2D eigenvalue weighted by atomic mass is 10.0. The third kappa shape index (κ3) is 9.19. The van der Waals surface area contributed by atoms with E-state index >= 15 is 0 Å². The van der Waals surface area contributed by atoms with Crippen molar-refractivity contribution in [2.45, 2.75) is 65.4 Å². The Morgan fingerprint density at radius 2 is 1.85 bits per heavy atom. The van der Waals surface area contributed by atoms with Gasteiger partial charge in [0.2, 0.25) is 11.8 Å². The first-order chi connectivity index (χ1) is 15.4. The molecule has 0 saturated carbocycles. The predicted molar refractivity (Wildman–Crippen MR) is 120 cm³/mol. The monoisotopic (exact) mass is 465 g/mol. The Bertz CT molecular complexity index is 910. The number of rotatable bonds is 8. The lowest BCUT2D eigenvalue weighted by molar-refractivity contribution is -0.135. The molecule has 0 bridgehead atoms. The molecule has 3 amide bonds. The zero-order valence-electron chi connectivity index (χ0n) is 19.7. The third-order valence-corrected chi connectivity index (χ3v) is 5.04. The minimum atomic E-state index is -0.757. The van der Waals surface area contributed by atoms with Gasteiger partial charge in [0.05, 0.1) is 6.54 Å². The molecule has 1 aromatic carbocycles. The number of nitrogens with zero attached hydrogens (tertiary/aromatic N) is 1. The Labute approximate surface area is 193 Å². The highest BCUT2D eigenvalue weighted by atomic mass is 19.1. The molecule has 182 valence electrons. The van der Waals surface area contributed by atoms with E-state index in [-0.39, 0.29) is 43.1 Å². The maximum atomic E-state index is 14.2. The molecule has 0 saturated heterocycles. The summed E-state index contributed by atoms with van der Waals surface area (Å²) in [5.74, 6) is -2.25. The number of ether oxygens (including phenoxy) is 1. The molecule has 1 aliphatic carbocycles. The molecule has 2 N–H and O–H groups in total. The number of benzene rings is 1. The van der Waals surface area contributed by atoms with Gasteiger partial charge < -0.3 is 20.3 Å². The van der Waals surface area contributed by atoms with Crippen LogP contribution in [0.15, 0.2) is 23.9 Å². The standard InChI is InChI=1S/C24H33F2N3O4/c1-16-12-17(20(26)13-19(16)25)10-11-29(15-21(30)28-18-8-6-5-7-9-18)22(31)14-27-23(32)33-24(2,3)4/h8,12-13H,5-7,9-11,14-15H2,1-4H3,(H,27,32)(H,28,30). The maximum absolute atomic E-state index is 14.2. The van der Waals surface area contributed by atoms with Crippen molar-refractivity contribution in [3.63, 3.8) is 0 Å². The van der Waals surface area contributed by atoms with Crippen molar-refractivity contribution in [2.24, 2.45) is 0 Å². The molecule has 1 aromatic rings. The van der Waals surface area contributed by atoms with Crippen LogP contribution in [0.5, 0.6) is 0 Å². The van der Waals surface area contributed by atoms with Crippen LogP contribution in [-0.2, 0) is 20.7 Å². The van der Waals surface area contributed by atoms with Crippen LogP contribution in [0, 0.1) is 18.6 Å². The molecule has 0 aromatic heterocycles. The molecule has 2 rings (SSSR count). The fourth-order valence-electron chi connectivity index (χ4n) is 3.37. The summed E-state index contributed by atoms with van der Waals surface area (Å²) in [5, 5.41) is 5.20. The number of nitrogens with one attached hydrogen (secondary N) is 2. The predicted octanol–water partition coefficient (Wildman–Crippen LogP) is 3.74. The second-order valence-corrected chi connectivity index (χ2v) is 9.14. The van der Waals surface area contributed by atoms with Crippen molar-refractivity contribution in [1.82, 2.24) is 15.5 Å². The number of carbonyl (C=O) groups excluding carboxylic acids is 3. The molecule has 9 heteroatoms. The summed E-state index contributed by atoms with van der Waals surface area (Å²) in [6, 6.07) is 2.20. The van der Waals surface area contributed by atoms with E-state index in [0.29, 0.717) is 0 Å². The summed E-state index contributed by atoms with van der Waals surface area (Å²) in [5.41, 5.74) is 0.629. The number of alkyl carbamates (subject to hydrolysis) is 1. The molecule has 0 heterocycles. The van der Waals surface area contributed by atoms with Gasteiger partial charge in [0.1, 0.15) is 23.8 Å². The van der Waals surface area contributed by atoms with Crippen LogP contribution >= 0.6 is 0 Å². The topological polar surface area (TPSA) is 87.7 Å². The second kappa shape index (κ2) is 11.8. The lowest BCUT2D eigenvalue weighted by Crippen LogP contribution is -2.46. The van der Waals surface area contributed by atoms with E-state index in [1.165, 1.54) is 17.9 Å². The fraction of sp³-hybridized carbons (Fsp3) is 0.542. The average Bonchev–Trinajstić information content (AvgIpc) is 2.72. The number of hydrogen-bond acceptors (Lipinski definition) is 4. The molecular formula is C24H33F2N3O4. The SMILES string of the molecule is Cc1cc(CCN(CC(=O)NC2=CCCCC2)C(=O)CNC(=O)OC(C)(C)C)c(F)cc1F. The Morgan fingerprint density at radius 3 is 2.48 bits per heavy atom. The second-order valence-electron chi connectivity index (χ2n) is 9.14. The van der Waals surface area contributed by atoms with E-state index in [0.717, 1.165) is 37.4 Å². The molecule has 0 atom stereocenters. The molecule has 0 radical (unpaired) electrons. The van der Waals surface area contributed by atoms with Gasteiger partial charge in [-0.3, -0.25) is 9.59 Å². The van der Waals surface area contributed by atoms with E-state index in [9.17, 15) is 23.2 Å². The number of carbonyl (C=O) groups is 3. The van der Waals surface area contributed by atoms with Crippen molar-refractivity contribution >= 4 is 17.9 Å². The third-order valence-electron chi connectivity index (χ3n) is 5.04. The summed E-state index contributed by atoms with van der Waals surface area (Å²) in [6.07, 6.45) is 5.00. The van der Waals surface area contributed by atoms with E-state index in [1.807, 2.05) is 6.08 Å². The van der Waals surface area contributed by atoms with Gasteiger partial charge in [0.25, 0.3) is 0 Å². The van der Waals surface area contributed by atoms with E-state index in [1.54, 1.807) is 20.8 Å². The molecular weight excluding hydrogens is 432 g/mol. The van der Waals surface area contributed by atoms with Crippen LogP contribution in [-0.4, -0.2) is 48.0 Å². The van der Waals surface area contributed by atoms with Gasteiger partial charge in [0, 0.05) is 18.3 Å². The van der Waals surface area contributed by atoms with Crippen LogP contribution in [0.4, 0.5) is 13.6 Å². The van der Waals surface area contributed by atoms with Crippen molar-refractivity contribution in [3.8, 4) is 0 Å². The zero-order valence-corrected chi connectivity index (χ0v) is 19.7. The molecule has 0 spiro atoms. The highest BCUT2D eigenvalue weighted by molar-refractivity contribution is 5.88. The minimum Gasteiger partial charge on any atom is -0.444 e. The van der Waals surface area contributed by atoms with Gasteiger partial charge in [0.15, 0.2) is 0 Å². The minimum absolute atomic E-state index is 0.0172. The normalized spacial score (nSPS) is 13.7. The van der Waals surface area contributed by atoms with Crippen LogP contribution in [0.25, 0.3) is 0 Å². The molecule has 1 aliphatic rings. The quantitative estimate of drug-likeness (QED) is 0.612.